The number of hydrogen-bond acceptors (Lipinski definition) is 0. The second-order valence-electron chi connectivity index (χ2n) is 2.03. The van der Waals surface area contributed by atoms with E-state index in [1.165, 1.54) is 0 Å². The van der Waals surface area contributed by atoms with Crippen molar-refractivity contribution in [2.24, 2.45) is 0 Å². The van der Waals surface area contributed by atoms with Crippen LogP contribution in [-0.2, 0) is 0 Å². The van der Waals surface area contributed by atoms with Gasteiger partial charge in [-0.05, 0) is 13.8 Å². The smallest absolute Gasteiger partial charge is 0.0404 e. The highest BCUT2D eigenvalue weighted by molar-refractivity contribution is 5.20. The quantitative estimate of drug-likeness (QED) is 0.402. The van der Waals surface area contributed by atoms with Crippen LogP contribution in [0.3, 0.4) is 0 Å². The molecule has 0 heteroatoms. The summed E-state index contributed by atoms with van der Waals surface area (Å²) in [5.41, 5.74) is 2.13. The summed E-state index contributed by atoms with van der Waals surface area (Å²) < 4.78 is 0. The van der Waals surface area contributed by atoms with E-state index in [4.69, 9.17) is 0 Å². The molecule has 0 saturated heterocycles. The van der Waals surface area contributed by atoms with Crippen LogP contribution in [0.5, 0.6) is 0 Å². The lowest BCUT2D eigenvalue weighted by molar-refractivity contribution is 1.50. The van der Waals surface area contributed by atoms with Crippen molar-refractivity contribution in [3.63, 3.8) is 0 Å². The van der Waals surface area contributed by atoms with Crippen molar-refractivity contribution in [1.29, 1.82) is 0 Å². The van der Waals surface area contributed by atoms with Crippen molar-refractivity contribution >= 4 is 0 Å². The van der Waals surface area contributed by atoms with Crippen molar-refractivity contribution in [3.8, 4) is 0 Å². The SMILES string of the molecule is C=C.C=C(C)/C=C\C(=C)C. The van der Waals surface area contributed by atoms with Gasteiger partial charge in [0.25, 0.3) is 0 Å². The summed E-state index contributed by atoms with van der Waals surface area (Å²) in [6, 6.07) is 0. The first-order valence-electron chi connectivity index (χ1n) is 3.12. The van der Waals surface area contributed by atoms with Crippen LogP contribution in [0.1, 0.15) is 13.8 Å². The van der Waals surface area contributed by atoms with E-state index < -0.39 is 0 Å². The van der Waals surface area contributed by atoms with Gasteiger partial charge in [0.1, 0.15) is 0 Å². The van der Waals surface area contributed by atoms with Gasteiger partial charge in [-0.25, -0.2) is 0 Å². The van der Waals surface area contributed by atoms with Crippen LogP contribution in [0.2, 0.25) is 0 Å². The fraction of sp³-hybridized carbons (Fsp3) is 0.200. The van der Waals surface area contributed by atoms with Crippen molar-refractivity contribution < 1.29 is 0 Å². The Morgan fingerprint density at radius 2 is 1.10 bits per heavy atom. The minimum Gasteiger partial charge on any atom is -0.106 e. The summed E-state index contributed by atoms with van der Waals surface area (Å²) in [4.78, 5) is 0. The summed E-state index contributed by atoms with van der Waals surface area (Å²) in [5.74, 6) is 0. The van der Waals surface area contributed by atoms with Gasteiger partial charge in [-0.2, -0.15) is 0 Å². The molecule has 0 aromatic rings. The molecule has 0 fully saturated rings. The van der Waals surface area contributed by atoms with Gasteiger partial charge in [0.2, 0.25) is 0 Å². The molecule has 0 aromatic heterocycles. The number of rotatable bonds is 2. The van der Waals surface area contributed by atoms with Gasteiger partial charge < -0.3 is 0 Å². The average molecular weight is 136 g/mol. The van der Waals surface area contributed by atoms with E-state index in [2.05, 4.69) is 26.3 Å². The van der Waals surface area contributed by atoms with Crippen molar-refractivity contribution in [3.05, 3.63) is 49.6 Å². The Balaban J connectivity index is 0. The maximum atomic E-state index is 3.70. The van der Waals surface area contributed by atoms with E-state index in [-0.39, 0.29) is 0 Å². The highest BCUT2D eigenvalue weighted by Crippen LogP contribution is 1.94. The molecule has 0 amide bonds. The summed E-state index contributed by atoms with van der Waals surface area (Å²) in [6.45, 7) is 17.3. The molecule has 0 unspecified atom stereocenters. The Labute approximate surface area is 64.3 Å². The van der Waals surface area contributed by atoms with Gasteiger partial charge >= 0.3 is 0 Å². The topological polar surface area (TPSA) is 0 Å². The second-order valence-corrected chi connectivity index (χ2v) is 2.03. The molecular formula is C10H16. The molecule has 0 rings (SSSR count). The molecule has 0 radical (unpaired) electrons. The standard InChI is InChI=1S/C8H12.C2H4/c1-7(2)5-6-8(3)4;1-2/h5-6H,1,3H2,2,4H3;1-2H2/b6-5-;. The van der Waals surface area contributed by atoms with Crippen LogP contribution >= 0.6 is 0 Å². The fourth-order valence-electron chi connectivity index (χ4n) is 0.285. The molecule has 0 spiro atoms. The predicted octanol–water partition coefficient (Wildman–Crippen LogP) is 3.50. The van der Waals surface area contributed by atoms with Gasteiger partial charge in [-0.15, -0.1) is 13.2 Å². The molecule has 0 aliphatic heterocycles. The Kier molecular flexibility index (Phi) is 9.33. The summed E-state index contributed by atoms with van der Waals surface area (Å²) in [5, 5.41) is 0. The van der Waals surface area contributed by atoms with E-state index in [0.29, 0.717) is 0 Å². The van der Waals surface area contributed by atoms with Gasteiger partial charge in [-0.3, -0.25) is 0 Å². The minimum absolute atomic E-state index is 1.06. The Morgan fingerprint density at radius 3 is 1.20 bits per heavy atom. The fourth-order valence-corrected chi connectivity index (χ4v) is 0.285. The predicted molar refractivity (Wildman–Crippen MR) is 50.0 cm³/mol. The minimum atomic E-state index is 1.06. The summed E-state index contributed by atoms with van der Waals surface area (Å²) in [7, 11) is 0. The van der Waals surface area contributed by atoms with Crippen LogP contribution in [0, 0.1) is 0 Å². The zero-order valence-electron chi connectivity index (χ0n) is 6.98. The third-order valence-electron chi connectivity index (χ3n) is 0.652. The molecule has 0 aliphatic carbocycles. The van der Waals surface area contributed by atoms with Crippen LogP contribution in [0.4, 0.5) is 0 Å². The van der Waals surface area contributed by atoms with E-state index in [1.807, 2.05) is 26.0 Å². The van der Waals surface area contributed by atoms with Crippen molar-refractivity contribution in [2.45, 2.75) is 13.8 Å². The monoisotopic (exact) mass is 136 g/mol. The van der Waals surface area contributed by atoms with Gasteiger partial charge in [-0.1, -0.05) is 36.5 Å². The molecule has 56 valence electrons. The molecule has 0 saturated carbocycles. The molecule has 0 nitrogen and oxygen atoms in total. The van der Waals surface area contributed by atoms with Crippen LogP contribution < -0.4 is 0 Å². The Hall–Kier alpha value is -1.04. The second kappa shape index (κ2) is 7.96. The third kappa shape index (κ3) is 15.8. The first-order chi connectivity index (χ1) is 4.63. The lowest BCUT2D eigenvalue weighted by Gasteiger charge is -1.84. The van der Waals surface area contributed by atoms with Crippen LogP contribution in [-0.4, -0.2) is 0 Å². The van der Waals surface area contributed by atoms with Gasteiger partial charge in [0, 0.05) is 0 Å². The molecule has 0 bridgehead atoms. The molecule has 0 heterocycles. The molecule has 0 atom stereocenters. The summed E-state index contributed by atoms with van der Waals surface area (Å²) in [6.07, 6.45) is 3.89. The van der Waals surface area contributed by atoms with Crippen LogP contribution in [0.25, 0.3) is 0 Å². The molecule has 0 aromatic carbocycles. The third-order valence-corrected chi connectivity index (χ3v) is 0.652. The average Bonchev–Trinajstić information content (AvgIpc) is 1.89. The van der Waals surface area contributed by atoms with E-state index in [0.717, 1.165) is 11.1 Å². The normalized spacial score (nSPS) is 8.20. The van der Waals surface area contributed by atoms with E-state index >= 15 is 0 Å². The Bertz CT molecular complexity index is 122. The highest BCUT2D eigenvalue weighted by atomic mass is 13.8. The van der Waals surface area contributed by atoms with E-state index in [1.54, 1.807) is 0 Å². The van der Waals surface area contributed by atoms with E-state index in [9.17, 15) is 0 Å². The first-order valence-corrected chi connectivity index (χ1v) is 3.12. The molecule has 0 N–H and O–H groups in total. The molecular weight excluding hydrogens is 120 g/mol. The van der Waals surface area contributed by atoms with Crippen molar-refractivity contribution in [2.75, 3.05) is 0 Å². The largest absolute Gasteiger partial charge is 0.106 e. The lowest BCUT2D eigenvalue weighted by Crippen LogP contribution is -1.62. The van der Waals surface area contributed by atoms with Crippen LogP contribution in [0.15, 0.2) is 49.6 Å². The van der Waals surface area contributed by atoms with Gasteiger partial charge in [0.05, 0.1) is 0 Å². The summed E-state index contributed by atoms with van der Waals surface area (Å²) >= 11 is 0. The molecule has 10 heavy (non-hydrogen) atoms. The zero-order valence-corrected chi connectivity index (χ0v) is 6.98. The zero-order chi connectivity index (χ0) is 8.57. The molecule has 0 aliphatic rings. The number of allylic oxidation sites excluding steroid dienone is 4. The Morgan fingerprint density at radius 1 is 0.900 bits per heavy atom. The van der Waals surface area contributed by atoms with Crippen molar-refractivity contribution in [1.82, 2.24) is 0 Å². The maximum Gasteiger partial charge on any atom is -0.0404 e. The maximum absolute atomic E-state index is 3.70. The first kappa shape index (κ1) is 11.7. The number of hydrogen-bond donors (Lipinski definition) is 0. The van der Waals surface area contributed by atoms with Gasteiger partial charge in [0.15, 0.2) is 0 Å². The highest BCUT2D eigenvalue weighted by Gasteiger charge is 1.72. The lowest BCUT2D eigenvalue weighted by atomic mass is 10.2.